The minimum atomic E-state index is -4.06. The zero-order valence-electron chi connectivity index (χ0n) is 15.9. The molecule has 0 spiro atoms. The maximum Gasteiger partial charge on any atom is 0.338 e. The molecule has 28 heavy (non-hydrogen) atoms. The molecule has 2 aromatic carbocycles. The van der Waals surface area contributed by atoms with E-state index in [4.69, 9.17) is 4.74 Å². The predicted octanol–water partition coefficient (Wildman–Crippen LogP) is 2.57. The van der Waals surface area contributed by atoms with Crippen molar-refractivity contribution in [2.45, 2.75) is 24.8 Å². The average molecular weight is 408 g/mol. The number of likely N-dealkylation sites (N-methyl/N-ethyl adjacent to an activating group) is 1. The number of nitrogens with zero attached hydrogens (tertiary/aromatic N) is 1. The second kappa shape index (κ2) is 8.39. The number of hydrogen-bond acceptors (Lipinski definition) is 5. The van der Waals surface area contributed by atoms with Crippen molar-refractivity contribution in [1.29, 1.82) is 0 Å². The number of ether oxygens (including phenoxy) is 1. The molecule has 0 saturated carbocycles. The van der Waals surface area contributed by atoms with Crippen LogP contribution >= 0.6 is 0 Å². The van der Waals surface area contributed by atoms with Gasteiger partial charge in [-0.25, -0.2) is 17.6 Å². The van der Waals surface area contributed by atoms with E-state index in [0.29, 0.717) is 5.56 Å². The van der Waals surface area contributed by atoms with Crippen LogP contribution in [0.1, 0.15) is 22.8 Å². The van der Waals surface area contributed by atoms with E-state index in [1.54, 1.807) is 6.92 Å². The number of anilines is 1. The average Bonchev–Trinajstić information content (AvgIpc) is 2.62. The molecular formula is C19H21FN2O5S. The Kier molecular flexibility index (Phi) is 6.40. The third-order valence-electron chi connectivity index (χ3n) is 3.86. The van der Waals surface area contributed by atoms with Crippen LogP contribution in [0.3, 0.4) is 0 Å². The normalized spacial score (nSPS) is 12.2. The number of esters is 1. The van der Waals surface area contributed by atoms with E-state index < -0.39 is 27.9 Å². The van der Waals surface area contributed by atoms with Gasteiger partial charge in [-0.1, -0.05) is 12.1 Å². The number of sulfonamides is 1. The summed E-state index contributed by atoms with van der Waals surface area (Å²) in [6.45, 7) is 2.99. The lowest BCUT2D eigenvalue weighted by molar-refractivity contribution is -0.137. The van der Waals surface area contributed by atoms with Gasteiger partial charge in [0.2, 0.25) is 0 Å². The van der Waals surface area contributed by atoms with Gasteiger partial charge in [-0.2, -0.15) is 0 Å². The molecule has 7 nitrogen and oxygen atoms in total. The number of amides is 1. The van der Waals surface area contributed by atoms with Gasteiger partial charge >= 0.3 is 5.97 Å². The molecule has 0 aliphatic rings. The number of benzene rings is 2. The van der Waals surface area contributed by atoms with Crippen molar-refractivity contribution in [3.05, 3.63) is 59.4 Å². The molecule has 2 aromatic rings. The van der Waals surface area contributed by atoms with Crippen molar-refractivity contribution < 1.29 is 27.1 Å². The molecule has 0 aromatic heterocycles. The molecule has 2 rings (SSSR count). The van der Waals surface area contributed by atoms with Crippen molar-refractivity contribution in [1.82, 2.24) is 4.90 Å². The molecule has 0 saturated heterocycles. The molecule has 0 radical (unpaired) electrons. The summed E-state index contributed by atoms with van der Waals surface area (Å²) in [5.74, 6) is -1.83. The summed E-state index contributed by atoms with van der Waals surface area (Å²) in [5.41, 5.74) is 0.541. The first-order valence-corrected chi connectivity index (χ1v) is 9.81. The summed E-state index contributed by atoms with van der Waals surface area (Å²) in [4.78, 5) is 25.1. The molecule has 1 atom stereocenters. The number of aryl methyl sites for hydroxylation is 1. The standard InChI is InChI=1S/C19H21FN2O5S/c1-12-8-9-15(20)11-17(12)28(25,26)21-16-7-5-6-14(10-16)19(24)27-13(2)18(23)22(3)4/h5-11,13,21H,1-4H3/t13-/m1/s1. The zero-order valence-corrected chi connectivity index (χ0v) is 16.7. The molecule has 1 amide bonds. The van der Waals surface area contributed by atoms with E-state index in [-0.39, 0.29) is 22.1 Å². The van der Waals surface area contributed by atoms with Crippen LogP contribution in [-0.4, -0.2) is 45.4 Å². The monoisotopic (exact) mass is 408 g/mol. The Morgan fingerprint density at radius 3 is 2.46 bits per heavy atom. The summed E-state index contributed by atoms with van der Waals surface area (Å²) in [6, 6.07) is 9.07. The van der Waals surface area contributed by atoms with Gasteiger partial charge in [0.15, 0.2) is 6.10 Å². The number of nitrogens with one attached hydrogen (secondary N) is 1. The molecule has 150 valence electrons. The minimum Gasteiger partial charge on any atom is -0.449 e. The first-order valence-electron chi connectivity index (χ1n) is 8.32. The van der Waals surface area contributed by atoms with E-state index in [2.05, 4.69) is 4.72 Å². The SMILES string of the molecule is Cc1ccc(F)cc1S(=O)(=O)Nc1cccc(C(=O)O[C@H](C)C(=O)N(C)C)c1. The number of carbonyl (C=O) groups is 2. The number of hydrogen-bond donors (Lipinski definition) is 1. The second-order valence-corrected chi connectivity index (χ2v) is 8.03. The van der Waals surface area contributed by atoms with Crippen LogP contribution in [0.2, 0.25) is 0 Å². The van der Waals surface area contributed by atoms with E-state index in [0.717, 1.165) is 6.07 Å². The third kappa shape index (κ3) is 5.07. The number of carbonyl (C=O) groups excluding carboxylic acids is 2. The maximum atomic E-state index is 13.4. The van der Waals surface area contributed by atoms with E-state index >= 15 is 0 Å². The summed E-state index contributed by atoms with van der Waals surface area (Å²) in [7, 11) is -0.983. The molecule has 9 heteroatoms. The highest BCUT2D eigenvalue weighted by Gasteiger charge is 2.22. The fraction of sp³-hybridized carbons (Fsp3) is 0.263. The van der Waals surface area contributed by atoms with E-state index in [9.17, 15) is 22.4 Å². The van der Waals surface area contributed by atoms with Gasteiger partial charge in [0, 0.05) is 19.8 Å². The van der Waals surface area contributed by atoms with Crippen LogP contribution in [0.4, 0.5) is 10.1 Å². The van der Waals surface area contributed by atoms with Crippen molar-refractivity contribution in [2.24, 2.45) is 0 Å². The molecule has 0 unspecified atom stereocenters. The largest absolute Gasteiger partial charge is 0.449 e. The summed E-state index contributed by atoms with van der Waals surface area (Å²) in [6.07, 6.45) is -0.988. The maximum absolute atomic E-state index is 13.4. The molecule has 1 N–H and O–H groups in total. The molecule has 0 bridgehead atoms. The smallest absolute Gasteiger partial charge is 0.338 e. The Hall–Kier alpha value is -2.94. The zero-order chi connectivity index (χ0) is 21.1. The molecular weight excluding hydrogens is 387 g/mol. The Labute approximate surface area is 163 Å². The number of halogens is 1. The minimum absolute atomic E-state index is 0.0644. The van der Waals surface area contributed by atoms with Crippen molar-refractivity contribution in [3.63, 3.8) is 0 Å². The fourth-order valence-electron chi connectivity index (χ4n) is 2.43. The predicted molar refractivity (Wildman–Crippen MR) is 102 cm³/mol. The Balaban J connectivity index is 2.22. The molecule has 0 aliphatic heterocycles. The Morgan fingerprint density at radius 1 is 1.14 bits per heavy atom. The first kappa shape index (κ1) is 21.4. The van der Waals surface area contributed by atoms with Crippen LogP contribution in [-0.2, 0) is 19.6 Å². The third-order valence-corrected chi connectivity index (χ3v) is 5.39. The lowest BCUT2D eigenvalue weighted by Crippen LogP contribution is -2.34. The lowest BCUT2D eigenvalue weighted by atomic mass is 10.2. The lowest BCUT2D eigenvalue weighted by Gasteiger charge is -2.17. The summed E-state index contributed by atoms with van der Waals surface area (Å²) in [5, 5.41) is 0. The fourth-order valence-corrected chi connectivity index (χ4v) is 3.73. The highest BCUT2D eigenvalue weighted by Crippen LogP contribution is 2.21. The summed E-state index contributed by atoms with van der Waals surface area (Å²) < 4.78 is 46.0. The Morgan fingerprint density at radius 2 is 1.82 bits per heavy atom. The van der Waals surface area contributed by atoms with Gasteiger partial charge in [0.05, 0.1) is 10.5 Å². The van der Waals surface area contributed by atoms with Crippen molar-refractivity contribution in [2.75, 3.05) is 18.8 Å². The summed E-state index contributed by atoms with van der Waals surface area (Å²) >= 11 is 0. The van der Waals surface area contributed by atoms with E-state index in [1.807, 2.05) is 0 Å². The topological polar surface area (TPSA) is 92.8 Å². The van der Waals surface area contributed by atoms with Crippen LogP contribution in [0.5, 0.6) is 0 Å². The molecule has 0 aliphatic carbocycles. The van der Waals surface area contributed by atoms with Crippen molar-refractivity contribution >= 4 is 27.6 Å². The van der Waals surface area contributed by atoms with Crippen LogP contribution in [0.15, 0.2) is 47.4 Å². The van der Waals surface area contributed by atoms with E-state index in [1.165, 1.54) is 62.3 Å². The molecule has 0 heterocycles. The van der Waals surface area contributed by atoms with Gasteiger partial charge in [0.25, 0.3) is 15.9 Å². The quantitative estimate of drug-likeness (QED) is 0.742. The van der Waals surface area contributed by atoms with Gasteiger partial charge in [-0.3, -0.25) is 9.52 Å². The Bertz CT molecular complexity index is 1010. The van der Waals surface area contributed by atoms with Crippen molar-refractivity contribution in [3.8, 4) is 0 Å². The van der Waals surface area contributed by atoms with Gasteiger partial charge in [0.1, 0.15) is 5.82 Å². The van der Waals surface area contributed by atoms with Gasteiger partial charge < -0.3 is 9.64 Å². The van der Waals surface area contributed by atoms with Gasteiger partial charge in [-0.05, 0) is 49.7 Å². The van der Waals surface area contributed by atoms with Crippen LogP contribution < -0.4 is 4.72 Å². The molecule has 0 fully saturated rings. The second-order valence-electron chi connectivity index (χ2n) is 6.38. The highest BCUT2D eigenvalue weighted by atomic mass is 32.2. The highest BCUT2D eigenvalue weighted by molar-refractivity contribution is 7.92. The van der Waals surface area contributed by atoms with Gasteiger partial charge in [-0.15, -0.1) is 0 Å². The first-order chi connectivity index (χ1) is 13.0. The number of rotatable bonds is 6. The van der Waals surface area contributed by atoms with Crippen LogP contribution in [0, 0.1) is 12.7 Å². The van der Waals surface area contributed by atoms with Crippen LogP contribution in [0.25, 0.3) is 0 Å².